The fourth-order valence-corrected chi connectivity index (χ4v) is 3.47. The Morgan fingerprint density at radius 3 is 2.81 bits per heavy atom. The molecule has 0 spiro atoms. The van der Waals surface area contributed by atoms with Crippen LogP contribution in [0.4, 0.5) is 0 Å². The number of hydrogen-bond acceptors (Lipinski definition) is 4. The van der Waals surface area contributed by atoms with E-state index in [0.717, 1.165) is 23.1 Å². The van der Waals surface area contributed by atoms with Crippen LogP contribution in [0.25, 0.3) is 0 Å². The predicted octanol–water partition coefficient (Wildman–Crippen LogP) is 2.53. The molecule has 1 saturated heterocycles. The van der Waals surface area contributed by atoms with Gasteiger partial charge in [-0.25, -0.2) is 4.68 Å². The number of aryl methyl sites for hydroxylation is 2. The maximum Gasteiger partial charge on any atom is 0.227 e. The van der Waals surface area contributed by atoms with Crippen LogP contribution in [-0.4, -0.2) is 44.0 Å². The largest absolute Gasteiger partial charge is 0.382 e. The van der Waals surface area contributed by atoms with E-state index in [1.165, 1.54) is 0 Å². The maximum atomic E-state index is 12.8. The molecular weight excluding hydrogens is 328 g/mol. The first kappa shape index (κ1) is 18.6. The number of amides is 1. The fourth-order valence-electron chi connectivity index (χ4n) is 3.47. The molecule has 3 rings (SSSR count). The van der Waals surface area contributed by atoms with Crippen LogP contribution in [0, 0.1) is 13.8 Å². The summed E-state index contributed by atoms with van der Waals surface area (Å²) < 4.78 is 1.74. The van der Waals surface area contributed by atoms with Crippen molar-refractivity contribution >= 4 is 5.91 Å². The van der Waals surface area contributed by atoms with Crippen LogP contribution >= 0.6 is 0 Å². The van der Waals surface area contributed by atoms with E-state index < -0.39 is 5.60 Å². The molecule has 6 heteroatoms. The van der Waals surface area contributed by atoms with Gasteiger partial charge in [0.2, 0.25) is 5.91 Å². The van der Waals surface area contributed by atoms with E-state index >= 15 is 0 Å². The molecule has 1 atom stereocenters. The SMILES string of the molecule is Cc1ccc(C)c(CC(=O)N2CCC[C@@](O)(c3cn(C(C)C)nn3)C2)c1. The predicted molar refractivity (Wildman–Crippen MR) is 99.7 cm³/mol. The average molecular weight is 356 g/mol. The van der Waals surface area contributed by atoms with E-state index in [1.54, 1.807) is 15.8 Å². The van der Waals surface area contributed by atoms with Crippen LogP contribution in [0.2, 0.25) is 0 Å². The van der Waals surface area contributed by atoms with Gasteiger partial charge in [-0.1, -0.05) is 29.0 Å². The van der Waals surface area contributed by atoms with Gasteiger partial charge in [0.25, 0.3) is 0 Å². The molecule has 1 aromatic heterocycles. The monoisotopic (exact) mass is 356 g/mol. The van der Waals surface area contributed by atoms with Gasteiger partial charge in [0.1, 0.15) is 11.3 Å². The number of carbonyl (C=O) groups is 1. The van der Waals surface area contributed by atoms with Crippen molar-refractivity contribution in [3.05, 3.63) is 46.8 Å². The van der Waals surface area contributed by atoms with Crippen molar-refractivity contribution in [3.8, 4) is 0 Å². The molecule has 1 fully saturated rings. The van der Waals surface area contributed by atoms with E-state index in [4.69, 9.17) is 0 Å². The van der Waals surface area contributed by atoms with Crippen LogP contribution in [0.15, 0.2) is 24.4 Å². The number of aliphatic hydroxyl groups is 1. The van der Waals surface area contributed by atoms with E-state index in [1.807, 2.05) is 27.7 Å². The second kappa shape index (κ2) is 7.19. The minimum Gasteiger partial charge on any atom is -0.382 e. The summed E-state index contributed by atoms with van der Waals surface area (Å²) in [4.78, 5) is 14.6. The molecule has 2 heterocycles. The molecule has 140 valence electrons. The fraction of sp³-hybridized carbons (Fsp3) is 0.550. The summed E-state index contributed by atoms with van der Waals surface area (Å²) in [6, 6.07) is 6.36. The second-order valence-electron chi connectivity index (χ2n) is 7.73. The Balaban J connectivity index is 1.74. The number of likely N-dealkylation sites (tertiary alicyclic amines) is 1. The third kappa shape index (κ3) is 3.80. The van der Waals surface area contributed by atoms with Gasteiger partial charge in [-0.2, -0.15) is 0 Å². The second-order valence-corrected chi connectivity index (χ2v) is 7.73. The lowest BCUT2D eigenvalue weighted by atomic mass is 9.89. The molecule has 1 amide bonds. The van der Waals surface area contributed by atoms with Crippen molar-refractivity contribution in [1.29, 1.82) is 0 Å². The third-order valence-electron chi connectivity index (χ3n) is 5.19. The number of β-amino-alcohol motifs (C(OH)–C–C–N with tert-alkyl or cyclic N) is 1. The number of piperidine rings is 1. The topological polar surface area (TPSA) is 71.2 Å². The Labute approximate surface area is 154 Å². The molecule has 0 unspecified atom stereocenters. The highest BCUT2D eigenvalue weighted by atomic mass is 16.3. The van der Waals surface area contributed by atoms with Gasteiger partial charge in [-0.05, 0) is 51.7 Å². The van der Waals surface area contributed by atoms with Gasteiger partial charge in [0.05, 0.1) is 19.2 Å². The first-order valence-corrected chi connectivity index (χ1v) is 9.27. The Hall–Kier alpha value is -2.21. The molecule has 1 N–H and O–H groups in total. The van der Waals surface area contributed by atoms with E-state index in [-0.39, 0.29) is 18.5 Å². The molecule has 1 aliphatic heterocycles. The van der Waals surface area contributed by atoms with Gasteiger partial charge >= 0.3 is 0 Å². The zero-order valence-electron chi connectivity index (χ0n) is 16.1. The zero-order chi connectivity index (χ0) is 18.9. The number of carbonyl (C=O) groups excluding carboxylic acids is 1. The highest BCUT2D eigenvalue weighted by Crippen LogP contribution is 2.31. The van der Waals surface area contributed by atoms with Crippen molar-refractivity contribution in [3.63, 3.8) is 0 Å². The quantitative estimate of drug-likeness (QED) is 0.914. The van der Waals surface area contributed by atoms with Crippen LogP contribution < -0.4 is 0 Å². The van der Waals surface area contributed by atoms with Crippen molar-refractivity contribution < 1.29 is 9.90 Å². The zero-order valence-corrected chi connectivity index (χ0v) is 16.1. The normalized spacial score (nSPS) is 20.6. The van der Waals surface area contributed by atoms with Crippen molar-refractivity contribution in [2.75, 3.05) is 13.1 Å². The summed E-state index contributed by atoms with van der Waals surface area (Å²) in [5.74, 6) is 0.0491. The molecule has 0 radical (unpaired) electrons. The number of hydrogen-bond donors (Lipinski definition) is 1. The van der Waals surface area contributed by atoms with Gasteiger partial charge < -0.3 is 10.0 Å². The Kier molecular flexibility index (Phi) is 5.14. The number of benzene rings is 1. The van der Waals surface area contributed by atoms with Crippen molar-refractivity contribution in [2.24, 2.45) is 0 Å². The molecule has 0 saturated carbocycles. The Morgan fingerprint density at radius 1 is 1.35 bits per heavy atom. The van der Waals surface area contributed by atoms with Crippen LogP contribution in [0.1, 0.15) is 55.1 Å². The van der Waals surface area contributed by atoms with Crippen molar-refractivity contribution in [1.82, 2.24) is 19.9 Å². The number of nitrogens with zero attached hydrogens (tertiary/aromatic N) is 4. The summed E-state index contributed by atoms with van der Waals surface area (Å²) in [5, 5.41) is 19.4. The molecule has 1 aliphatic rings. The third-order valence-corrected chi connectivity index (χ3v) is 5.19. The lowest BCUT2D eigenvalue weighted by Gasteiger charge is -2.38. The maximum absolute atomic E-state index is 12.8. The molecule has 0 bridgehead atoms. The minimum atomic E-state index is -1.12. The summed E-state index contributed by atoms with van der Waals surface area (Å²) in [6.07, 6.45) is 3.51. The minimum absolute atomic E-state index is 0.0491. The highest BCUT2D eigenvalue weighted by Gasteiger charge is 2.39. The summed E-state index contributed by atoms with van der Waals surface area (Å²) >= 11 is 0. The molecular formula is C20H28N4O2. The van der Waals surface area contributed by atoms with Gasteiger partial charge in [0, 0.05) is 12.6 Å². The van der Waals surface area contributed by atoms with E-state index in [9.17, 15) is 9.90 Å². The Morgan fingerprint density at radius 2 is 2.12 bits per heavy atom. The van der Waals surface area contributed by atoms with Crippen molar-refractivity contribution in [2.45, 2.75) is 58.6 Å². The summed E-state index contributed by atoms with van der Waals surface area (Å²) in [6.45, 7) is 9.04. The summed E-state index contributed by atoms with van der Waals surface area (Å²) in [7, 11) is 0. The van der Waals surface area contributed by atoms with E-state index in [2.05, 4.69) is 28.5 Å². The lowest BCUT2D eigenvalue weighted by Crippen LogP contribution is -2.49. The van der Waals surface area contributed by atoms with Gasteiger partial charge in [-0.3, -0.25) is 4.79 Å². The standard InChI is InChI=1S/C20H28N4O2/c1-14(2)24-12-18(21-22-24)20(26)8-5-9-23(13-20)19(25)11-17-10-15(3)6-7-16(17)4/h6-7,10,12,14,26H,5,8-9,11,13H2,1-4H3/t20-/m0/s1. The first-order valence-electron chi connectivity index (χ1n) is 9.27. The first-order chi connectivity index (χ1) is 12.3. The van der Waals surface area contributed by atoms with Gasteiger partial charge in [-0.15, -0.1) is 5.10 Å². The highest BCUT2D eigenvalue weighted by molar-refractivity contribution is 5.79. The Bertz CT molecular complexity index is 799. The van der Waals surface area contributed by atoms with Crippen LogP contribution in [0.5, 0.6) is 0 Å². The molecule has 0 aliphatic carbocycles. The smallest absolute Gasteiger partial charge is 0.227 e. The van der Waals surface area contributed by atoms with Crippen LogP contribution in [0.3, 0.4) is 0 Å². The molecule has 26 heavy (non-hydrogen) atoms. The average Bonchev–Trinajstić information content (AvgIpc) is 3.09. The molecule has 2 aromatic rings. The number of aromatic nitrogens is 3. The summed E-state index contributed by atoms with van der Waals surface area (Å²) in [5.41, 5.74) is 2.75. The van der Waals surface area contributed by atoms with E-state index in [0.29, 0.717) is 25.1 Å². The lowest BCUT2D eigenvalue weighted by molar-refractivity contribution is -0.138. The van der Waals surface area contributed by atoms with Crippen LogP contribution in [-0.2, 0) is 16.8 Å². The number of rotatable bonds is 4. The van der Waals surface area contributed by atoms with Gasteiger partial charge in [0.15, 0.2) is 0 Å². The molecule has 1 aromatic carbocycles. The molecule has 6 nitrogen and oxygen atoms in total.